The molecular formula is C17H22ClN5O3S. The molecule has 1 N–H and O–H groups in total. The van der Waals surface area contributed by atoms with Gasteiger partial charge in [-0.05, 0) is 24.6 Å². The van der Waals surface area contributed by atoms with Gasteiger partial charge in [0.1, 0.15) is 10.7 Å². The number of fused-ring (bicyclic) bond motifs is 1. The first-order chi connectivity index (χ1) is 12.9. The van der Waals surface area contributed by atoms with Crippen molar-refractivity contribution in [2.75, 3.05) is 13.1 Å². The van der Waals surface area contributed by atoms with Gasteiger partial charge < -0.3 is 9.88 Å². The van der Waals surface area contributed by atoms with Gasteiger partial charge in [0.2, 0.25) is 10.0 Å². The Morgan fingerprint density at radius 2 is 2.04 bits per heavy atom. The molecule has 0 radical (unpaired) electrons. The molecule has 10 heteroatoms. The fourth-order valence-electron chi connectivity index (χ4n) is 3.15. The normalized spacial score (nSPS) is 13.8. The molecule has 0 fully saturated rings. The molecule has 0 saturated carbocycles. The molecule has 0 atom stereocenters. The highest BCUT2D eigenvalue weighted by atomic mass is 35.5. The lowest BCUT2D eigenvalue weighted by Crippen LogP contribution is -2.31. The third-order valence-corrected chi connectivity index (χ3v) is 7.14. The Labute approximate surface area is 163 Å². The van der Waals surface area contributed by atoms with E-state index in [0.717, 1.165) is 25.2 Å². The van der Waals surface area contributed by atoms with Gasteiger partial charge in [-0.1, -0.05) is 25.4 Å². The summed E-state index contributed by atoms with van der Waals surface area (Å²) >= 11 is 6.11. The Bertz CT molecular complexity index is 953. The quantitative estimate of drug-likeness (QED) is 0.749. The number of carbonyl (C=O) groups excluding carboxylic acids is 1. The minimum Gasteiger partial charge on any atom is -0.345 e. The van der Waals surface area contributed by atoms with Gasteiger partial charge in [-0.3, -0.25) is 4.79 Å². The van der Waals surface area contributed by atoms with Crippen molar-refractivity contribution in [2.45, 2.75) is 44.7 Å². The van der Waals surface area contributed by atoms with E-state index in [0.29, 0.717) is 18.9 Å². The third kappa shape index (κ3) is 3.85. The van der Waals surface area contributed by atoms with Crippen molar-refractivity contribution >= 4 is 27.5 Å². The van der Waals surface area contributed by atoms with Gasteiger partial charge in [0, 0.05) is 31.6 Å². The van der Waals surface area contributed by atoms with Crippen molar-refractivity contribution in [3.8, 4) is 0 Å². The zero-order chi connectivity index (χ0) is 19.6. The summed E-state index contributed by atoms with van der Waals surface area (Å²) in [6.45, 7) is 5.23. The predicted octanol–water partition coefficient (Wildman–Crippen LogP) is 1.84. The molecule has 0 bridgehead atoms. The fraction of sp³-hybridized carbons (Fsp3) is 0.471. The fourth-order valence-corrected chi connectivity index (χ4v) is 5.11. The summed E-state index contributed by atoms with van der Waals surface area (Å²) in [5, 5.41) is 11.1. The Morgan fingerprint density at radius 1 is 1.30 bits per heavy atom. The lowest BCUT2D eigenvalue weighted by Gasteiger charge is -2.19. The van der Waals surface area contributed by atoms with E-state index < -0.39 is 15.9 Å². The van der Waals surface area contributed by atoms with Crippen LogP contribution in [-0.4, -0.2) is 46.5 Å². The number of nitrogens with one attached hydrogen (secondary N) is 1. The summed E-state index contributed by atoms with van der Waals surface area (Å²) in [7, 11) is -3.76. The van der Waals surface area contributed by atoms with Crippen LogP contribution < -0.4 is 5.32 Å². The largest absolute Gasteiger partial charge is 0.345 e. The highest BCUT2D eigenvalue weighted by Gasteiger charge is 2.26. The molecule has 0 aliphatic carbocycles. The first kappa shape index (κ1) is 19.8. The second-order valence-electron chi connectivity index (χ2n) is 6.20. The average molecular weight is 412 g/mol. The smallest absolute Gasteiger partial charge is 0.251 e. The molecule has 1 aromatic heterocycles. The van der Waals surface area contributed by atoms with E-state index in [4.69, 9.17) is 11.6 Å². The molecule has 8 nitrogen and oxygen atoms in total. The number of amides is 1. The molecule has 2 heterocycles. The highest BCUT2D eigenvalue weighted by molar-refractivity contribution is 7.89. The lowest BCUT2D eigenvalue weighted by atomic mass is 10.2. The molecule has 0 saturated heterocycles. The van der Waals surface area contributed by atoms with Gasteiger partial charge in [0.25, 0.3) is 5.91 Å². The number of halogens is 1. The first-order valence-corrected chi connectivity index (χ1v) is 10.7. The number of sulfonamides is 1. The third-order valence-electron chi connectivity index (χ3n) is 4.61. The van der Waals surface area contributed by atoms with Crippen LogP contribution in [-0.2, 0) is 29.5 Å². The summed E-state index contributed by atoms with van der Waals surface area (Å²) in [5.74, 6) is 1.23. The number of hydrogen-bond acceptors (Lipinski definition) is 5. The van der Waals surface area contributed by atoms with Gasteiger partial charge >= 0.3 is 0 Å². The zero-order valence-corrected chi connectivity index (χ0v) is 16.8. The highest BCUT2D eigenvalue weighted by Crippen LogP contribution is 2.26. The molecule has 1 aliphatic rings. The Balaban J connectivity index is 1.79. The van der Waals surface area contributed by atoms with Gasteiger partial charge in [-0.2, -0.15) is 4.31 Å². The first-order valence-electron chi connectivity index (χ1n) is 8.87. The number of hydrogen-bond donors (Lipinski definition) is 1. The van der Waals surface area contributed by atoms with Crippen molar-refractivity contribution in [1.29, 1.82) is 0 Å². The van der Waals surface area contributed by atoms with Crippen LogP contribution in [0.3, 0.4) is 0 Å². The van der Waals surface area contributed by atoms with Gasteiger partial charge in [0.05, 0.1) is 11.6 Å². The van der Waals surface area contributed by atoms with Crippen LogP contribution in [0.2, 0.25) is 5.02 Å². The van der Waals surface area contributed by atoms with Gasteiger partial charge in [-0.15, -0.1) is 10.2 Å². The van der Waals surface area contributed by atoms with E-state index in [1.54, 1.807) is 13.8 Å². The van der Waals surface area contributed by atoms with Crippen molar-refractivity contribution in [3.63, 3.8) is 0 Å². The zero-order valence-electron chi connectivity index (χ0n) is 15.3. The second-order valence-corrected chi connectivity index (χ2v) is 8.52. The van der Waals surface area contributed by atoms with Crippen LogP contribution >= 0.6 is 11.6 Å². The second kappa shape index (κ2) is 7.95. The van der Waals surface area contributed by atoms with Crippen molar-refractivity contribution < 1.29 is 13.2 Å². The molecule has 0 spiro atoms. The maximum atomic E-state index is 12.8. The molecule has 1 amide bonds. The van der Waals surface area contributed by atoms with Crippen molar-refractivity contribution in [3.05, 3.63) is 40.4 Å². The monoisotopic (exact) mass is 411 g/mol. The van der Waals surface area contributed by atoms with E-state index in [2.05, 4.69) is 15.5 Å². The maximum Gasteiger partial charge on any atom is 0.251 e. The predicted molar refractivity (Wildman–Crippen MR) is 101 cm³/mol. The van der Waals surface area contributed by atoms with Crippen LogP contribution in [0.25, 0.3) is 0 Å². The minimum atomic E-state index is -3.76. The van der Waals surface area contributed by atoms with Crippen LogP contribution in [0.5, 0.6) is 0 Å². The molecule has 146 valence electrons. The van der Waals surface area contributed by atoms with E-state index in [1.807, 2.05) is 4.57 Å². The summed E-state index contributed by atoms with van der Waals surface area (Å²) in [6.07, 6.45) is 1.92. The van der Waals surface area contributed by atoms with E-state index in [1.165, 1.54) is 22.5 Å². The number of benzene rings is 1. The minimum absolute atomic E-state index is 0.0658. The summed E-state index contributed by atoms with van der Waals surface area (Å²) in [6, 6.07) is 4.26. The summed E-state index contributed by atoms with van der Waals surface area (Å²) < 4.78 is 28.8. The maximum absolute atomic E-state index is 12.8. The average Bonchev–Trinajstić information content (AvgIpc) is 3.24. The number of carbonyl (C=O) groups is 1. The molecule has 2 aromatic rings. The van der Waals surface area contributed by atoms with Gasteiger partial charge in [0.15, 0.2) is 5.82 Å². The van der Waals surface area contributed by atoms with Crippen molar-refractivity contribution in [1.82, 2.24) is 24.4 Å². The van der Waals surface area contributed by atoms with Crippen LogP contribution in [0.1, 0.15) is 42.3 Å². The molecule has 27 heavy (non-hydrogen) atoms. The Hall–Kier alpha value is -1.97. The Morgan fingerprint density at radius 3 is 2.74 bits per heavy atom. The SMILES string of the molecule is CCN(CC)S(=O)(=O)c1cc(C(=O)NCc2nnc3n2CCC3)ccc1Cl. The molecule has 1 aliphatic heterocycles. The standard InChI is InChI=1S/C17H22ClN5O3S/c1-3-22(4-2)27(25,26)14-10-12(7-8-13(14)18)17(24)19-11-16-21-20-15-6-5-9-23(15)16/h7-8,10H,3-6,9,11H2,1-2H3,(H,19,24). The van der Waals surface area contributed by atoms with Crippen LogP contribution in [0, 0.1) is 0 Å². The van der Waals surface area contributed by atoms with Crippen LogP contribution in [0.15, 0.2) is 23.1 Å². The van der Waals surface area contributed by atoms with Crippen LogP contribution in [0.4, 0.5) is 0 Å². The molecule has 3 rings (SSSR count). The molecule has 1 aromatic carbocycles. The number of rotatable bonds is 7. The summed E-state index contributed by atoms with van der Waals surface area (Å²) in [4.78, 5) is 12.5. The Kier molecular flexibility index (Phi) is 5.83. The van der Waals surface area contributed by atoms with E-state index in [-0.39, 0.29) is 22.0 Å². The van der Waals surface area contributed by atoms with E-state index in [9.17, 15) is 13.2 Å². The van der Waals surface area contributed by atoms with Crippen molar-refractivity contribution in [2.24, 2.45) is 0 Å². The summed E-state index contributed by atoms with van der Waals surface area (Å²) in [5.41, 5.74) is 0.228. The topological polar surface area (TPSA) is 97.2 Å². The van der Waals surface area contributed by atoms with E-state index >= 15 is 0 Å². The number of aromatic nitrogens is 3. The molecular weight excluding hydrogens is 390 g/mol. The number of nitrogens with zero attached hydrogens (tertiary/aromatic N) is 4. The van der Waals surface area contributed by atoms with Gasteiger partial charge in [-0.25, -0.2) is 8.42 Å². The molecule has 0 unspecified atom stereocenters. The lowest BCUT2D eigenvalue weighted by molar-refractivity contribution is 0.0949. The number of aryl methyl sites for hydroxylation is 1.